The van der Waals surface area contributed by atoms with Crippen LogP contribution in [0.2, 0.25) is 0 Å². The molecule has 1 heterocycles. The summed E-state index contributed by atoms with van der Waals surface area (Å²) < 4.78 is 5.62. The third-order valence-electron chi connectivity index (χ3n) is 2.44. The second-order valence-corrected chi connectivity index (χ2v) is 3.81. The third kappa shape index (κ3) is 3.07. The number of para-hydroxylation sites is 1. The Morgan fingerprint density at radius 1 is 1.35 bits per heavy atom. The van der Waals surface area contributed by atoms with Crippen LogP contribution in [0, 0.1) is 0 Å². The topological polar surface area (TPSA) is 54.3 Å². The van der Waals surface area contributed by atoms with Crippen LogP contribution < -0.4 is 10.6 Å². The smallest absolute Gasteiger partial charge is 0.233 e. The van der Waals surface area contributed by atoms with Crippen LogP contribution in [0.25, 0.3) is 11.0 Å². The number of nitrogens with one attached hydrogen (secondary N) is 2. The zero-order chi connectivity index (χ0) is 12.1. The van der Waals surface area contributed by atoms with Crippen LogP contribution in [0.1, 0.15) is 12.7 Å². The molecule has 90 valence electrons. The van der Waals surface area contributed by atoms with Gasteiger partial charge in [0.05, 0.1) is 13.1 Å². The molecular weight excluding hydrogens is 216 g/mol. The number of hydrogen-bond donors (Lipinski definition) is 2. The average Bonchev–Trinajstić information content (AvgIpc) is 2.71. The number of amides is 1. The summed E-state index contributed by atoms with van der Waals surface area (Å²) >= 11 is 0. The van der Waals surface area contributed by atoms with E-state index in [1.54, 1.807) is 0 Å². The standard InChI is InChI=1S/C13H16N2O2/c1-2-15-13(16)9-14-8-11-7-10-5-3-4-6-12(10)17-11/h3-7,14H,2,8-9H2,1H3,(H,15,16). The Morgan fingerprint density at radius 3 is 2.94 bits per heavy atom. The van der Waals surface area contributed by atoms with Gasteiger partial charge in [0, 0.05) is 11.9 Å². The van der Waals surface area contributed by atoms with Crippen LogP contribution in [0.5, 0.6) is 0 Å². The van der Waals surface area contributed by atoms with E-state index in [1.165, 1.54) is 0 Å². The Morgan fingerprint density at radius 2 is 2.18 bits per heavy atom. The number of hydrogen-bond acceptors (Lipinski definition) is 3. The highest BCUT2D eigenvalue weighted by molar-refractivity contribution is 5.78. The van der Waals surface area contributed by atoms with Gasteiger partial charge in [-0.05, 0) is 19.1 Å². The van der Waals surface area contributed by atoms with Crippen LogP contribution in [-0.2, 0) is 11.3 Å². The van der Waals surface area contributed by atoms with Crippen LogP contribution in [0.3, 0.4) is 0 Å². The minimum absolute atomic E-state index is 0.00334. The second kappa shape index (κ2) is 5.50. The van der Waals surface area contributed by atoms with Gasteiger partial charge in [-0.2, -0.15) is 0 Å². The quantitative estimate of drug-likeness (QED) is 0.824. The number of benzene rings is 1. The van der Waals surface area contributed by atoms with Gasteiger partial charge < -0.3 is 15.1 Å². The molecule has 4 nitrogen and oxygen atoms in total. The first-order valence-electron chi connectivity index (χ1n) is 5.74. The van der Waals surface area contributed by atoms with Crippen LogP contribution in [0.4, 0.5) is 0 Å². The van der Waals surface area contributed by atoms with Gasteiger partial charge in [-0.3, -0.25) is 4.79 Å². The van der Waals surface area contributed by atoms with E-state index in [9.17, 15) is 4.79 Å². The van der Waals surface area contributed by atoms with Crippen molar-refractivity contribution in [1.29, 1.82) is 0 Å². The Balaban J connectivity index is 1.89. The van der Waals surface area contributed by atoms with Crippen LogP contribution >= 0.6 is 0 Å². The predicted octanol–water partition coefficient (Wildman–Crippen LogP) is 1.66. The first-order chi connectivity index (χ1) is 8.29. The third-order valence-corrected chi connectivity index (χ3v) is 2.44. The predicted molar refractivity (Wildman–Crippen MR) is 66.6 cm³/mol. The summed E-state index contributed by atoms with van der Waals surface area (Å²) in [6.07, 6.45) is 0. The molecule has 2 aromatic rings. The Bertz CT molecular complexity index is 472. The maximum absolute atomic E-state index is 11.2. The number of likely N-dealkylation sites (N-methyl/N-ethyl adjacent to an activating group) is 1. The van der Waals surface area contributed by atoms with Gasteiger partial charge in [-0.1, -0.05) is 18.2 Å². The molecule has 2 rings (SSSR count). The van der Waals surface area contributed by atoms with Crippen molar-refractivity contribution >= 4 is 16.9 Å². The summed E-state index contributed by atoms with van der Waals surface area (Å²) in [5.74, 6) is 0.846. The van der Waals surface area contributed by atoms with Crippen molar-refractivity contribution in [3.8, 4) is 0 Å². The zero-order valence-corrected chi connectivity index (χ0v) is 9.82. The van der Waals surface area contributed by atoms with E-state index in [0.717, 1.165) is 16.7 Å². The van der Waals surface area contributed by atoms with Gasteiger partial charge in [0.1, 0.15) is 11.3 Å². The summed E-state index contributed by atoms with van der Waals surface area (Å²) in [4.78, 5) is 11.2. The lowest BCUT2D eigenvalue weighted by molar-refractivity contribution is -0.120. The molecule has 0 aliphatic carbocycles. The average molecular weight is 232 g/mol. The summed E-state index contributed by atoms with van der Waals surface area (Å²) in [5, 5.41) is 6.85. The fraction of sp³-hybridized carbons (Fsp3) is 0.308. The van der Waals surface area contributed by atoms with Crippen LogP contribution in [-0.4, -0.2) is 19.0 Å². The van der Waals surface area contributed by atoms with E-state index in [0.29, 0.717) is 19.6 Å². The lowest BCUT2D eigenvalue weighted by atomic mass is 10.2. The normalized spacial score (nSPS) is 10.6. The molecule has 0 atom stereocenters. The van der Waals surface area contributed by atoms with Crippen LogP contribution in [0.15, 0.2) is 34.7 Å². The summed E-state index contributed by atoms with van der Waals surface area (Å²) in [5.41, 5.74) is 0.877. The molecule has 1 aromatic carbocycles. The molecular formula is C13H16N2O2. The Labute approximate surface area is 100.0 Å². The molecule has 4 heteroatoms. The van der Waals surface area contributed by atoms with Gasteiger partial charge in [0.2, 0.25) is 5.91 Å². The van der Waals surface area contributed by atoms with Crippen molar-refractivity contribution in [2.75, 3.05) is 13.1 Å². The minimum atomic E-state index is 0.00334. The summed E-state index contributed by atoms with van der Waals surface area (Å²) in [6.45, 7) is 3.43. The first-order valence-corrected chi connectivity index (χ1v) is 5.74. The van der Waals surface area contributed by atoms with Crippen molar-refractivity contribution in [3.63, 3.8) is 0 Å². The molecule has 1 aromatic heterocycles. The number of carbonyl (C=O) groups is 1. The Hall–Kier alpha value is -1.81. The van der Waals surface area contributed by atoms with Gasteiger partial charge in [0.25, 0.3) is 0 Å². The second-order valence-electron chi connectivity index (χ2n) is 3.81. The molecule has 0 bridgehead atoms. The van der Waals surface area contributed by atoms with Gasteiger partial charge in [-0.25, -0.2) is 0 Å². The number of furan rings is 1. The summed E-state index contributed by atoms with van der Waals surface area (Å²) in [6, 6.07) is 9.84. The number of carbonyl (C=O) groups excluding carboxylic acids is 1. The minimum Gasteiger partial charge on any atom is -0.460 e. The fourth-order valence-corrected chi connectivity index (χ4v) is 1.68. The Kier molecular flexibility index (Phi) is 3.77. The first kappa shape index (κ1) is 11.7. The summed E-state index contributed by atoms with van der Waals surface area (Å²) in [7, 11) is 0. The highest BCUT2D eigenvalue weighted by Gasteiger charge is 2.03. The highest BCUT2D eigenvalue weighted by atomic mass is 16.3. The van der Waals surface area contributed by atoms with Crippen molar-refractivity contribution in [1.82, 2.24) is 10.6 Å². The van der Waals surface area contributed by atoms with E-state index in [4.69, 9.17) is 4.42 Å². The van der Waals surface area contributed by atoms with Gasteiger partial charge >= 0.3 is 0 Å². The molecule has 0 unspecified atom stereocenters. The molecule has 0 aliphatic heterocycles. The van der Waals surface area contributed by atoms with Crippen molar-refractivity contribution in [3.05, 3.63) is 36.1 Å². The fourth-order valence-electron chi connectivity index (χ4n) is 1.68. The molecule has 0 aliphatic rings. The van der Waals surface area contributed by atoms with E-state index in [2.05, 4.69) is 10.6 Å². The molecule has 0 saturated heterocycles. The monoisotopic (exact) mass is 232 g/mol. The molecule has 2 N–H and O–H groups in total. The largest absolute Gasteiger partial charge is 0.460 e. The number of rotatable bonds is 5. The maximum atomic E-state index is 11.2. The van der Waals surface area contributed by atoms with Gasteiger partial charge in [-0.15, -0.1) is 0 Å². The van der Waals surface area contributed by atoms with E-state index >= 15 is 0 Å². The van der Waals surface area contributed by atoms with Gasteiger partial charge in [0.15, 0.2) is 0 Å². The van der Waals surface area contributed by atoms with Crippen molar-refractivity contribution in [2.24, 2.45) is 0 Å². The maximum Gasteiger partial charge on any atom is 0.233 e. The molecule has 0 fully saturated rings. The van der Waals surface area contributed by atoms with E-state index in [1.807, 2.05) is 37.3 Å². The molecule has 0 saturated carbocycles. The van der Waals surface area contributed by atoms with E-state index in [-0.39, 0.29) is 5.91 Å². The van der Waals surface area contributed by atoms with Crippen molar-refractivity contribution in [2.45, 2.75) is 13.5 Å². The number of fused-ring (bicyclic) bond motifs is 1. The molecule has 17 heavy (non-hydrogen) atoms. The lowest BCUT2D eigenvalue weighted by Gasteiger charge is -2.02. The SMILES string of the molecule is CCNC(=O)CNCc1cc2ccccc2o1. The van der Waals surface area contributed by atoms with E-state index < -0.39 is 0 Å². The lowest BCUT2D eigenvalue weighted by Crippen LogP contribution is -2.33. The molecule has 0 spiro atoms. The molecule has 0 radical (unpaired) electrons. The molecule has 1 amide bonds. The van der Waals surface area contributed by atoms with Crippen molar-refractivity contribution < 1.29 is 9.21 Å². The highest BCUT2D eigenvalue weighted by Crippen LogP contribution is 2.18. The zero-order valence-electron chi connectivity index (χ0n) is 9.82.